The number of hydrogen-bond acceptors (Lipinski definition) is 2. The summed E-state index contributed by atoms with van der Waals surface area (Å²) >= 11 is 0. The number of hydrogen-bond donors (Lipinski definition) is 2. The zero-order valence-corrected chi connectivity index (χ0v) is 10.0. The number of aliphatic hydroxyl groups excluding tert-OH is 1. The van der Waals surface area contributed by atoms with Gasteiger partial charge in [0.05, 0.1) is 12.6 Å². The lowest BCUT2D eigenvalue weighted by Crippen LogP contribution is -2.41. The summed E-state index contributed by atoms with van der Waals surface area (Å²) in [6.45, 7) is 3.25. The molecule has 0 bridgehead atoms. The molecule has 100 valence electrons. The summed E-state index contributed by atoms with van der Waals surface area (Å²) in [5.41, 5.74) is -0.328. The molecule has 0 fully saturated rings. The number of halogens is 3. The van der Waals surface area contributed by atoms with E-state index in [1.165, 1.54) is 0 Å². The maximum atomic E-state index is 12.9. The number of aliphatic hydroxyl groups is 1. The Kier molecular flexibility index (Phi) is 4.72. The monoisotopic (exact) mass is 261 g/mol. The van der Waals surface area contributed by atoms with Crippen molar-refractivity contribution in [2.24, 2.45) is 5.92 Å². The van der Waals surface area contributed by atoms with Crippen molar-refractivity contribution >= 4 is 5.91 Å². The molecule has 2 N–H and O–H groups in total. The molecular formula is C12H14F3NO2. The summed E-state index contributed by atoms with van der Waals surface area (Å²) in [7, 11) is 0. The van der Waals surface area contributed by atoms with E-state index in [9.17, 15) is 18.0 Å². The lowest BCUT2D eigenvalue weighted by atomic mass is 10.0. The van der Waals surface area contributed by atoms with E-state index in [4.69, 9.17) is 5.11 Å². The van der Waals surface area contributed by atoms with Gasteiger partial charge in [-0.2, -0.15) is 0 Å². The van der Waals surface area contributed by atoms with E-state index in [2.05, 4.69) is 5.32 Å². The summed E-state index contributed by atoms with van der Waals surface area (Å²) in [5, 5.41) is 11.4. The van der Waals surface area contributed by atoms with Gasteiger partial charge in [-0.05, 0) is 18.1 Å². The largest absolute Gasteiger partial charge is 0.394 e. The van der Waals surface area contributed by atoms with Crippen LogP contribution in [0, 0.1) is 23.4 Å². The highest BCUT2D eigenvalue weighted by Gasteiger charge is 2.19. The van der Waals surface area contributed by atoms with Gasteiger partial charge in [0.1, 0.15) is 0 Å². The fourth-order valence-electron chi connectivity index (χ4n) is 1.36. The summed E-state index contributed by atoms with van der Waals surface area (Å²) in [6.07, 6.45) is 0. The maximum Gasteiger partial charge on any atom is 0.251 e. The highest BCUT2D eigenvalue weighted by atomic mass is 19.2. The molecule has 0 aliphatic rings. The molecule has 3 nitrogen and oxygen atoms in total. The molecule has 0 unspecified atom stereocenters. The van der Waals surface area contributed by atoms with E-state index < -0.39 is 29.4 Å². The minimum Gasteiger partial charge on any atom is -0.394 e. The van der Waals surface area contributed by atoms with Crippen LogP contribution in [0.1, 0.15) is 24.2 Å². The van der Waals surface area contributed by atoms with Crippen LogP contribution in [0.2, 0.25) is 0 Å². The molecule has 18 heavy (non-hydrogen) atoms. The van der Waals surface area contributed by atoms with Gasteiger partial charge in [-0.15, -0.1) is 0 Å². The van der Waals surface area contributed by atoms with Crippen LogP contribution in [0.5, 0.6) is 0 Å². The van der Waals surface area contributed by atoms with Crippen LogP contribution in [-0.2, 0) is 0 Å². The SMILES string of the molecule is CC(C)[C@@H](CO)NC(=O)c1cc(F)c(F)c(F)c1. The van der Waals surface area contributed by atoms with E-state index in [1.807, 2.05) is 0 Å². The van der Waals surface area contributed by atoms with Crippen LogP contribution in [-0.4, -0.2) is 23.7 Å². The minimum absolute atomic E-state index is 0.0471. The standard InChI is InChI=1S/C12H14F3NO2/c1-6(2)10(5-17)16-12(18)7-3-8(13)11(15)9(14)4-7/h3-4,6,10,17H,5H2,1-2H3,(H,16,18)/t10-/m1/s1. The second kappa shape index (κ2) is 5.86. The molecule has 1 amide bonds. The smallest absolute Gasteiger partial charge is 0.251 e. The van der Waals surface area contributed by atoms with E-state index in [1.54, 1.807) is 13.8 Å². The van der Waals surface area contributed by atoms with Gasteiger partial charge in [0.15, 0.2) is 17.5 Å². The third-order valence-corrected chi connectivity index (χ3v) is 2.56. The quantitative estimate of drug-likeness (QED) is 0.813. The Morgan fingerprint density at radius 1 is 1.28 bits per heavy atom. The Labute approximate surface area is 103 Å². The van der Waals surface area contributed by atoms with E-state index in [0.29, 0.717) is 12.1 Å². The number of rotatable bonds is 4. The topological polar surface area (TPSA) is 49.3 Å². The lowest BCUT2D eigenvalue weighted by molar-refractivity contribution is 0.0895. The van der Waals surface area contributed by atoms with Crippen LogP contribution < -0.4 is 5.32 Å². The first kappa shape index (κ1) is 14.5. The fraction of sp³-hybridized carbons (Fsp3) is 0.417. The molecule has 1 aromatic rings. The van der Waals surface area contributed by atoms with Crippen LogP contribution in [0.15, 0.2) is 12.1 Å². The van der Waals surface area contributed by atoms with E-state index in [0.717, 1.165) is 0 Å². The van der Waals surface area contributed by atoms with Crippen LogP contribution >= 0.6 is 0 Å². The average molecular weight is 261 g/mol. The van der Waals surface area contributed by atoms with Gasteiger partial charge in [0, 0.05) is 5.56 Å². The molecular weight excluding hydrogens is 247 g/mol. The van der Waals surface area contributed by atoms with Crippen molar-refractivity contribution in [3.8, 4) is 0 Å². The van der Waals surface area contributed by atoms with Crippen molar-refractivity contribution in [1.82, 2.24) is 5.32 Å². The van der Waals surface area contributed by atoms with Crippen LogP contribution in [0.4, 0.5) is 13.2 Å². The van der Waals surface area contributed by atoms with Crippen molar-refractivity contribution in [3.05, 3.63) is 35.1 Å². The molecule has 1 rings (SSSR count). The Bertz CT molecular complexity index is 426. The minimum atomic E-state index is -1.62. The lowest BCUT2D eigenvalue weighted by Gasteiger charge is -2.19. The number of benzene rings is 1. The molecule has 0 aliphatic carbocycles. The number of carbonyl (C=O) groups is 1. The van der Waals surface area contributed by atoms with Gasteiger partial charge in [-0.1, -0.05) is 13.8 Å². The molecule has 1 aromatic carbocycles. The highest BCUT2D eigenvalue weighted by molar-refractivity contribution is 5.94. The Morgan fingerprint density at radius 2 is 1.78 bits per heavy atom. The summed E-state index contributed by atoms with van der Waals surface area (Å²) in [5.74, 6) is -5.28. The maximum absolute atomic E-state index is 12.9. The molecule has 0 aromatic heterocycles. The van der Waals surface area contributed by atoms with Gasteiger partial charge < -0.3 is 10.4 Å². The molecule has 1 atom stereocenters. The molecule has 0 aliphatic heterocycles. The molecule has 6 heteroatoms. The van der Waals surface area contributed by atoms with Gasteiger partial charge in [0.25, 0.3) is 5.91 Å². The highest BCUT2D eigenvalue weighted by Crippen LogP contribution is 2.14. The predicted molar refractivity (Wildman–Crippen MR) is 59.5 cm³/mol. The molecule has 0 saturated carbocycles. The molecule has 0 spiro atoms. The first-order valence-electron chi connectivity index (χ1n) is 5.43. The van der Waals surface area contributed by atoms with Crippen molar-refractivity contribution in [2.75, 3.05) is 6.61 Å². The zero-order chi connectivity index (χ0) is 13.9. The third kappa shape index (κ3) is 3.22. The van der Waals surface area contributed by atoms with Gasteiger partial charge in [0.2, 0.25) is 0 Å². The third-order valence-electron chi connectivity index (χ3n) is 2.56. The Hall–Kier alpha value is -1.56. The molecule has 0 saturated heterocycles. The normalized spacial score (nSPS) is 12.6. The Morgan fingerprint density at radius 3 is 2.17 bits per heavy atom. The average Bonchev–Trinajstić information content (AvgIpc) is 2.31. The van der Waals surface area contributed by atoms with Crippen LogP contribution in [0.3, 0.4) is 0 Å². The van der Waals surface area contributed by atoms with Crippen molar-refractivity contribution < 1.29 is 23.1 Å². The number of carbonyl (C=O) groups excluding carboxylic acids is 1. The second-order valence-corrected chi connectivity index (χ2v) is 4.26. The second-order valence-electron chi connectivity index (χ2n) is 4.26. The van der Waals surface area contributed by atoms with Crippen LogP contribution in [0.25, 0.3) is 0 Å². The van der Waals surface area contributed by atoms with Gasteiger partial charge in [-0.3, -0.25) is 4.79 Å². The zero-order valence-electron chi connectivity index (χ0n) is 10.0. The van der Waals surface area contributed by atoms with E-state index >= 15 is 0 Å². The van der Waals surface area contributed by atoms with Gasteiger partial charge >= 0.3 is 0 Å². The van der Waals surface area contributed by atoms with E-state index in [-0.39, 0.29) is 18.1 Å². The Balaban J connectivity index is 2.91. The first-order chi connectivity index (χ1) is 8.36. The number of nitrogens with one attached hydrogen (secondary N) is 1. The summed E-state index contributed by atoms with van der Waals surface area (Å²) in [4.78, 5) is 11.7. The first-order valence-corrected chi connectivity index (χ1v) is 5.43. The molecule has 0 radical (unpaired) electrons. The fourth-order valence-corrected chi connectivity index (χ4v) is 1.36. The van der Waals surface area contributed by atoms with Gasteiger partial charge in [-0.25, -0.2) is 13.2 Å². The summed E-state index contributed by atoms with van der Waals surface area (Å²) in [6, 6.07) is 0.694. The summed E-state index contributed by atoms with van der Waals surface area (Å²) < 4.78 is 38.6. The molecule has 0 heterocycles. The predicted octanol–water partition coefficient (Wildman–Crippen LogP) is 1.85. The number of amides is 1. The van der Waals surface area contributed by atoms with Crippen molar-refractivity contribution in [1.29, 1.82) is 0 Å². The van der Waals surface area contributed by atoms with Crippen molar-refractivity contribution in [2.45, 2.75) is 19.9 Å². The van der Waals surface area contributed by atoms with Crippen molar-refractivity contribution in [3.63, 3.8) is 0 Å².